The quantitative estimate of drug-likeness (QED) is 0.0622. The van der Waals surface area contributed by atoms with Gasteiger partial charge in [-0.1, -0.05) is 121 Å². The van der Waals surface area contributed by atoms with Gasteiger partial charge in [-0.3, -0.25) is 4.90 Å². The van der Waals surface area contributed by atoms with E-state index in [0.29, 0.717) is 5.39 Å². The van der Waals surface area contributed by atoms with Crippen molar-refractivity contribution in [2.75, 3.05) is 4.90 Å². The zero-order valence-corrected chi connectivity index (χ0v) is 27.8. The van der Waals surface area contributed by atoms with Gasteiger partial charge in [0, 0.05) is 5.69 Å². The molecule has 9 heteroatoms. The molecule has 0 unspecified atom stereocenters. The predicted molar refractivity (Wildman–Crippen MR) is 206 cm³/mol. The fourth-order valence-corrected chi connectivity index (χ4v) is 6.94. The van der Waals surface area contributed by atoms with Gasteiger partial charge in [0.2, 0.25) is 0 Å². The summed E-state index contributed by atoms with van der Waals surface area (Å²) in [5, 5.41) is 95.3. The van der Waals surface area contributed by atoms with E-state index in [9.17, 15) is 40.9 Å². The predicted octanol–water partition coefficient (Wildman–Crippen LogP) is 10.1. The van der Waals surface area contributed by atoms with E-state index in [1.807, 2.05) is 54.6 Å². The summed E-state index contributed by atoms with van der Waals surface area (Å²) in [6, 6.07) is 41.0. The molecule has 0 saturated carbocycles. The number of phenols is 8. The molecule has 260 valence electrons. The van der Waals surface area contributed by atoms with Crippen LogP contribution in [0.4, 0.5) is 17.1 Å². The van der Waals surface area contributed by atoms with Crippen molar-refractivity contribution in [2.45, 2.75) is 0 Å². The van der Waals surface area contributed by atoms with E-state index < -0.39 is 57.4 Å². The maximum Gasteiger partial charge on any atom is 0.186 e. The van der Waals surface area contributed by atoms with E-state index in [1.54, 1.807) is 78.9 Å². The largest absolute Gasteiger partial charge is 0.504 e. The molecule has 0 bridgehead atoms. The minimum absolute atomic E-state index is 0.0872. The Hall–Kier alpha value is -7.52. The fourth-order valence-electron chi connectivity index (χ4n) is 6.94. The summed E-state index contributed by atoms with van der Waals surface area (Å²) in [6.07, 6.45) is 0. The molecule has 0 atom stereocenters. The SMILES string of the molecule is Oc1c(O)c(N(c2ccc3cc(-c4cccc5ccccc45)ccc3c2)c2c(O)c(O)c(-c3ccccc3)c(O)c2O)c(O)c(O)c1-c1ccccc1. The van der Waals surface area contributed by atoms with Crippen molar-refractivity contribution in [3.05, 3.63) is 140 Å². The number of fused-ring (bicyclic) bond motifs is 2. The number of nitrogens with zero attached hydrogens (tertiary/aromatic N) is 1. The van der Waals surface area contributed by atoms with Gasteiger partial charge in [-0.2, -0.15) is 0 Å². The van der Waals surface area contributed by atoms with Gasteiger partial charge >= 0.3 is 0 Å². The van der Waals surface area contributed by atoms with Crippen molar-refractivity contribution < 1.29 is 40.9 Å². The molecule has 0 aromatic heterocycles. The summed E-state index contributed by atoms with van der Waals surface area (Å²) in [7, 11) is 0. The Morgan fingerprint density at radius 3 is 1.32 bits per heavy atom. The molecule has 0 aliphatic carbocycles. The Morgan fingerprint density at radius 1 is 0.321 bits per heavy atom. The Bertz CT molecular complexity index is 2540. The molecule has 0 aliphatic heterocycles. The smallest absolute Gasteiger partial charge is 0.186 e. The first-order valence-electron chi connectivity index (χ1n) is 16.6. The van der Waals surface area contributed by atoms with Crippen LogP contribution in [0.15, 0.2) is 140 Å². The third-order valence-corrected chi connectivity index (χ3v) is 9.50. The molecule has 0 fully saturated rings. The molecule has 0 aliphatic rings. The number of hydrogen-bond acceptors (Lipinski definition) is 9. The van der Waals surface area contributed by atoms with Crippen LogP contribution < -0.4 is 4.90 Å². The monoisotopic (exact) mass is 701 g/mol. The summed E-state index contributed by atoms with van der Waals surface area (Å²) in [5.41, 5.74) is 0.719. The van der Waals surface area contributed by atoms with Gasteiger partial charge in [0.25, 0.3) is 0 Å². The van der Waals surface area contributed by atoms with Crippen LogP contribution in [0.25, 0.3) is 54.9 Å². The van der Waals surface area contributed by atoms with Crippen LogP contribution in [0.5, 0.6) is 46.0 Å². The van der Waals surface area contributed by atoms with Gasteiger partial charge < -0.3 is 40.9 Å². The number of hydrogen-bond donors (Lipinski definition) is 8. The average molecular weight is 702 g/mol. The lowest BCUT2D eigenvalue weighted by molar-refractivity contribution is 0.372. The second kappa shape index (κ2) is 12.7. The molecule has 0 heterocycles. The standard InChI is InChI=1S/C44H31NO8/c46-37-33(25-11-3-1-4-12-25)38(47)42(51)35(41(37)50)45(36-43(52)39(48)34(40(49)44(36)53)26-13-5-2-6-14-26)30-21-20-27-22-29(19-18-28(27)23-30)32-17-9-15-24-10-7-8-16-31(24)32/h1-23,46-53H. The van der Waals surface area contributed by atoms with E-state index in [2.05, 4.69) is 6.07 Å². The minimum atomic E-state index is -0.935. The topological polar surface area (TPSA) is 165 Å². The van der Waals surface area contributed by atoms with Crippen LogP contribution in [0.3, 0.4) is 0 Å². The summed E-state index contributed by atoms with van der Waals surface area (Å²) in [6.45, 7) is 0. The van der Waals surface area contributed by atoms with E-state index in [1.165, 1.54) is 0 Å². The number of phenolic OH excluding ortho intramolecular Hbond substituents is 8. The van der Waals surface area contributed by atoms with Gasteiger partial charge in [0.15, 0.2) is 46.0 Å². The molecular weight excluding hydrogens is 670 g/mol. The molecule has 0 amide bonds. The average Bonchev–Trinajstić information content (AvgIpc) is 3.19. The number of rotatable bonds is 6. The van der Waals surface area contributed by atoms with Crippen LogP contribution in [0, 0.1) is 0 Å². The number of aromatic hydroxyl groups is 8. The molecule has 0 radical (unpaired) electrons. The third kappa shape index (κ3) is 5.26. The second-order valence-corrected chi connectivity index (χ2v) is 12.6. The third-order valence-electron chi connectivity index (χ3n) is 9.50. The molecule has 8 aromatic carbocycles. The number of benzene rings is 8. The first-order chi connectivity index (χ1) is 25.7. The fraction of sp³-hybridized carbons (Fsp3) is 0. The summed E-state index contributed by atoms with van der Waals surface area (Å²) >= 11 is 0. The van der Waals surface area contributed by atoms with Crippen molar-refractivity contribution in [3.63, 3.8) is 0 Å². The molecular formula is C44H31NO8. The Labute approximate surface area is 302 Å². The highest BCUT2D eigenvalue weighted by Crippen LogP contribution is 2.63. The van der Waals surface area contributed by atoms with Gasteiger partial charge in [-0.15, -0.1) is 0 Å². The van der Waals surface area contributed by atoms with Crippen LogP contribution >= 0.6 is 0 Å². The first-order valence-corrected chi connectivity index (χ1v) is 16.6. The van der Waals surface area contributed by atoms with Crippen LogP contribution in [0.1, 0.15) is 0 Å². The summed E-state index contributed by atoms with van der Waals surface area (Å²) in [5.74, 6) is -7.02. The summed E-state index contributed by atoms with van der Waals surface area (Å²) in [4.78, 5) is 0.940. The van der Waals surface area contributed by atoms with E-state index in [-0.39, 0.29) is 27.9 Å². The maximum absolute atomic E-state index is 11.6. The Morgan fingerprint density at radius 2 is 0.774 bits per heavy atom. The lowest BCUT2D eigenvalue weighted by atomic mass is 9.95. The lowest BCUT2D eigenvalue weighted by Crippen LogP contribution is -2.12. The second-order valence-electron chi connectivity index (χ2n) is 12.6. The summed E-state index contributed by atoms with van der Waals surface area (Å²) < 4.78 is 0. The zero-order chi connectivity index (χ0) is 37.0. The van der Waals surface area contributed by atoms with Crippen molar-refractivity contribution >= 4 is 38.6 Å². The van der Waals surface area contributed by atoms with E-state index in [4.69, 9.17) is 0 Å². The lowest BCUT2D eigenvalue weighted by Gasteiger charge is -2.30. The van der Waals surface area contributed by atoms with Crippen LogP contribution in [-0.4, -0.2) is 40.9 Å². The van der Waals surface area contributed by atoms with Crippen LogP contribution in [-0.2, 0) is 0 Å². The van der Waals surface area contributed by atoms with Crippen LogP contribution in [0.2, 0.25) is 0 Å². The molecule has 9 nitrogen and oxygen atoms in total. The molecule has 8 aromatic rings. The van der Waals surface area contributed by atoms with Crippen molar-refractivity contribution in [3.8, 4) is 79.4 Å². The normalized spacial score (nSPS) is 11.2. The minimum Gasteiger partial charge on any atom is -0.504 e. The van der Waals surface area contributed by atoms with Crippen molar-refractivity contribution in [1.82, 2.24) is 0 Å². The van der Waals surface area contributed by atoms with Gasteiger partial charge in [0.05, 0.1) is 11.1 Å². The first kappa shape index (κ1) is 32.7. The molecule has 53 heavy (non-hydrogen) atoms. The molecule has 8 rings (SSSR count). The van der Waals surface area contributed by atoms with E-state index >= 15 is 0 Å². The number of anilines is 3. The van der Waals surface area contributed by atoms with Crippen molar-refractivity contribution in [1.29, 1.82) is 0 Å². The van der Waals surface area contributed by atoms with Gasteiger partial charge in [-0.05, 0) is 62.0 Å². The highest BCUT2D eigenvalue weighted by Gasteiger charge is 2.35. The molecule has 8 N–H and O–H groups in total. The van der Waals surface area contributed by atoms with E-state index in [0.717, 1.165) is 32.2 Å². The zero-order valence-electron chi connectivity index (χ0n) is 27.8. The van der Waals surface area contributed by atoms with Crippen molar-refractivity contribution in [2.24, 2.45) is 0 Å². The molecule has 0 saturated heterocycles. The molecule has 0 spiro atoms. The maximum atomic E-state index is 11.6. The van der Waals surface area contributed by atoms with Gasteiger partial charge in [0.1, 0.15) is 11.4 Å². The Balaban J connectivity index is 1.37. The highest BCUT2D eigenvalue weighted by molar-refractivity contribution is 6.03. The van der Waals surface area contributed by atoms with Gasteiger partial charge in [-0.25, -0.2) is 0 Å². The Kier molecular flexibility index (Phi) is 7.81. The highest BCUT2D eigenvalue weighted by atomic mass is 16.3.